The number of nitrogens with one attached hydrogen (secondary N) is 1. The number of fused-ring (bicyclic) bond motifs is 1. The van der Waals surface area contributed by atoms with E-state index in [9.17, 15) is 9.18 Å². The molecule has 2 fully saturated rings. The van der Waals surface area contributed by atoms with Gasteiger partial charge in [-0.05, 0) is 31.4 Å². The van der Waals surface area contributed by atoms with Gasteiger partial charge < -0.3 is 14.8 Å². The number of carbonyl (C=O) groups is 1. The van der Waals surface area contributed by atoms with Crippen molar-refractivity contribution in [1.82, 2.24) is 15.0 Å². The molecule has 2 saturated carbocycles. The predicted molar refractivity (Wildman–Crippen MR) is 116 cm³/mol. The fourth-order valence-electron chi connectivity index (χ4n) is 3.90. The maximum atomic E-state index is 13.1. The highest BCUT2D eigenvalue weighted by molar-refractivity contribution is 7.22. The molecule has 3 aromatic rings. The number of thiazole rings is 1. The van der Waals surface area contributed by atoms with Crippen LogP contribution < -0.4 is 10.1 Å². The van der Waals surface area contributed by atoms with Crippen LogP contribution in [0.2, 0.25) is 0 Å². The van der Waals surface area contributed by atoms with E-state index in [1.165, 1.54) is 24.2 Å². The van der Waals surface area contributed by atoms with Gasteiger partial charge in [0.25, 0.3) is 0 Å². The molecule has 5 rings (SSSR count). The van der Waals surface area contributed by atoms with Crippen molar-refractivity contribution in [1.29, 1.82) is 0 Å². The van der Waals surface area contributed by atoms with E-state index in [4.69, 9.17) is 9.47 Å². The highest BCUT2D eigenvalue weighted by Crippen LogP contribution is 2.41. The molecule has 0 aliphatic heterocycles. The number of rotatable bonds is 7. The molecule has 2 heterocycles. The standard InChI is InChI=1S/C22H23FN4O3S/c1-29-19-14(12-9-24-18(25-10-12)11-30-13-4-2-3-5-13)6-7-17-20(19)31-22(26-17)27-21(28)15-8-16(15)23/h6-7,9-10,13,15-16H,2-5,8,11H2,1H3,(H,26,27,28). The van der Waals surface area contributed by atoms with Crippen LogP contribution in [0.1, 0.15) is 37.9 Å². The van der Waals surface area contributed by atoms with Gasteiger partial charge in [0, 0.05) is 23.5 Å². The fourth-order valence-corrected chi connectivity index (χ4v) is 4.89. The van der Waals surface area contributed by atoms with Crippen LogP contribution in [-0.4, -0.2) is 40.2 Å². The van der Waals surface area contributed by atoms with Gasteiger partial charge in [0.15, 0.2) is 11.0 Å². The van der Waals surface area contributed by atoms with E-state index in [-0.39, 0.29) is 12.3 Å². The number of halogens is 1. The summed E-state index contributed by atoms with van der Waals surface area (Å²) in [6.07, 6.45) is 7.78. The lowest BCUT2D eigenvalue weighted by Crippen LogP contribution is -2.14. The summed E-state index contributed by atoms with van der Waals surface area (Å²) in [5.74, 6) is 0.418. The molecule has 2 aliphatic rings. The van der Waals surface area contributed by atoms with Crippen molar-refractivity contribution in [2.75, 3.05) is 12.4 Å². The SMILES string of the molecule is COc1c(-c2cnc(COC3CCCC3)nc2)ccc2nc(NC(=O)C3CC3F)sc12. The first-order valence-corrected chi connectivity index (χ1v) is 11.3. The van der Waals surface area contributed by atoms with Gasteiger partial charge in [-0.1, -0.05) is 24.2 Å². The molecule has 2 unspecified atom stereocenters. The topological polar surface area (TPSA) is 86.2 Å². The van der Waals surface area contributed by atoms with E-state index in [2.05, 4.69) is 20.3 Å². The van der Waals surface area contributed by atoms with Crippen molar-refractivity contribution in [3.8, 4) is 16.9 Å². The third-order valence-electron chi connectivity index (χ3n) is 5.76. The van der Waals surface area contributed by atoms with Gasteiger partial charge in [0.05, 0.1) is 29.3 Å². The second kappa shape index (κ2) is 8.47. The largest absolute Gasteiger partial charge is 0.495 e. The third-order valence-corrected chi connectivity index (χ3v) is 6.75. The highest BCUT2D eigenvalue weighted by Gasteiger charge is 2.43. The van der Waals surface area contributed by atoms with Crippen LogP contribution in [0.25, 0.3) is 21.3 Å². The summed E-state index contributed by atoms with van der Waals surface area (Å²) in [5.41, 5.74) is 2.36. The van der Waals surface area contributed by atoms with Gasteiger partial charge in [-0.15, -0.1) is 0 Å². The normalized spacial score (nSPS) is 20.8. The molecule has 2 aromatic heterocycles. The first-order chi connectivity index (χ1) is 15.1. The maximum absolute atomic E-state index is 13.1. The van der Waals surface area contributed by atoms with Gasteiger partial charge >= 0.3 is 0 Å². The molecule has 162 valence electrons. The van der Waals surface area contributed by atoms with Crippen molar-refractivity contribution in [2.24, 2.45) is 5.92 Å². The molecular formula is C22H23FN4O3S. The zero-order chi connectivity index (χ0) is 21.4. The van der Waals surface area contributed by atoms with Gasteiger partial charge in [0.2, 0.25) is 5.91 Å². The third kappa shape index (κ3) is 4.24. The summed E-state index contributed by atoms with van der Waals surface area (Å²) in [6, 6.07) is 3.77. The number of amides is 1. The number of benzene rings is 1. The Bertz CT molecular complexity index is 1100. The van der Waals surface area contributed by atoms with Crippen LogP contribution in [0.4, 0.5) is 9.52 Å². The quantitative estimate of drug-likeness (QED) is 0.579. The molecular weight excluding hydrogens is 419 g/mol. The molecule has 0 spiro atoms. The van der Waals surface area contributed by atoms with Crippen molar-refractivity contribution >= 4 is 32.6 Å². The molecule has 9 heteroatoms. The van der Waals surface area contributed by atoms with E-state index in [1.54, 1.807) is 19.5 Å². The summed E-state index contributed by atoms with van der Waals surface area (Å²) < 4.78 is 25.5. The number of nitrogens with zero attached hydrogens (tertiary/aromatic N) is 3. The molecule has 1 aromatic carbocycles. The van der Waals surface area contributed by atoms with E-state index >= 15 is 0 Å². The molecule has 0 bridgehead atoms. The Morgan fingerprint density at radius 2 is 2.00 bits per heavy atom. The van der Waals surface area contributed by atoms with E-state index < -0.39 is 12.1 Å². The van der Waals surface area contributed by atoms with Gasteiger partial charge in [-0.25, -0.2) is 19.3 Å². The first-order valence-electron chi connectivity index (χ1n) is 10.5. The number of anilines is 1. The average Bonchev–Trinajstić information content (AvgIpc) is 3.16. The summed E-state index contributed by atoms with van der Waals surface area (Å²) >= 11 is 1.31. The summed E-state index contributed by atoms with van der Waals surface area (Å²) in [5, 5.41) is 3.15. The van der Waals surface area contributed by atoms with Crippen molar-refractivity contribution in [3.05, 3.63) is 30.4 Å². The zero-order valence-corrected chi connectivity index (χ0v) is 18.0. The molecule has 1 N–H and O–H groups in total. The maximum Gasteiger partial charge on any atom is 0.232 e. The van der Waals surface area contributed by atoms with Gasteiger partial charge in [0.1, 0.15) is 18.5 Å². The predicted octanol–water partition coefficient (Wildman–Crippen LogP) is 4.52. The molecule has 2 atom stereocenters. The number of carbonyl (C=O) groups excluding carboxylic acids is 1. The smallest absolute Gasteiger partial charge is 0.232 e. The van der Waals surface area contributed by atoms with E-state index in [1.807, 2.05) is 12.1 Å². The molecule has 0 saturated heterocycles. The average molecular weight is 443 g/mol. The minimum atomic E-state index is -1.04. The fraction of sp³-hybridized carbons (Fsp3) is 0.455. The Balaban J connectivity index is 1.35. The van der Waals surface area contributed by atoms with Crippen molar-refractivity contribution < 1.29 is 18.7 Å². The summed E-state index contributed by atoms with van der Waals surface area (Å²) in [4.78, 5) is 25.4. The van der Waals surface area contributed by atoms with E-state index in [0.29, 0.717) is 34.9 Å². The number of alkyl halides is 1. The Labute approximate surface area is 183 Å². The molecule has 31 heavy (non-hydrogen) atoms. The summed E-state index contributed by atoms with van der Waals surface area (Å²) in [7, 11) is 1.60. The molecule has 7 nitrogen and oxygen atoms in total. The number of methoxy groups -OCH3 is 1. The van der Waals surface area contributed by atoms with Crippen LogP contribution in [0.3, 0.4) is 0 Å². The van der Waals surface area contributed by atoms with Crippen LogP contribution >= 0.6 is 11.3 Å². The van der Waals surface area contributed by atoms with Crippen LogP contribution in [0.15, 0.2) is 24.5 Å². The Kier molecular flexibility index (Phi) is 5.54. The minimum absolute atomic E-state index is 0.284. The molecule has 0 radical (unpaired) electrons. The number of hydrogen-bond donors (Lipinski definition) is 1. The van der Waals surface area contributed by atoms with Crippen LogP contribution in [-0.2, 0) is 16.1 Å². The second-order valence-corrected chi connectivity index (χ2v) is 8.97. The second-order valence-electron chi connectivity index (χ2n) is 7.97. The lowest BCUT2D eigenvalue weighted by Gasteiger charge is -2.11. The van der Waals surface area contributed by atoms with Crippen LogP contribution in [0.5, 0.6) is 5.75 Å². The first kappa shape index (κ1) is 20.3. The Hall–Kier alpha value is -2.65. The highest BCUT2D eigenvalue weighted by atomic mass is 32.1. The summed E-state index contributed by atoms with van der Waals surface area (Å²) in [6.45, 7) is 0.416. The Morgan fingerprint density at radius 3 is 2.68 bits per heavy atom. The monoisotopic (exact) mass is 442 g/mol. The minimum Gasteiger partial charge on any atom is -0.495 e. The number of hydrogen-bond acceptors (Lipinski definition) is 7. The lowest BCUT2D eigenvalue weighted by molar-refractivity contribution is -0.117. The van der Waals surface area contributed by atoms with Gasteiger partial charge in [-0.2, -0.15) is 0 Å². The number of aromatic nitrogens is 3. The van der Waals surface area contributed by atoms with Gasteiger partial charge in [-0.3, -0.25) is 4.79 Å². The van der Waals surface area contributed by atoms with Crippen molar-refractivity contribution in [2.45, 2.75) is 51.0 Å². The van der Waals surface area contributed by atoms with Crippen molar-refractivity contribution in [3.63, 3.8) is 0 Å². The molecule has 1 amide bonds. The Morgan fingerprint density at radius 1 is 1.26 bits per heavy atom. The number of ether oxygens (including phenoxy) is 2. The van der Waals surface area contributed by atoms with Crippen LogP contribution in [0, 0.1) is 5.92 Å². The van der Waals surface area contributed by atoms with E-state index in [0.717, 1.165) is 28.7 Å². The molecule has 2 aliphatic carbocycles. The lowest BCUT2D eigenvalue weighted by atomic mass is 10.1. The zero-order valence-electron chi connectivity index (χ0n) is 17.1.